The van der Waals surface area contributed by atoms with Gasteiger partial charge in [0.15, 0.2) is 0 Å². The number of ether oxygens (including phenoxy) is 1. The Morgan fingerprint density at radius 2 is 2.00 bits per heavy atom. The van der Waals surface area contributed by atoms with E-state index in [9.17, 15) is 9.90 Å². The second kappa shape index (κ2) is 10.0. The molecule has 0 unspecified atom stereocenters. The van der Waals surface area contributed by atoms with Crippen molar-refractivity contribution in [2.45, 2.75) is 25.5 Å². The fourth-order valence-corrected chi connectivity index (χ4v) is 3.34. The van der Waals surface area contributed by atoms with Gasteiger partial charge < -0.3 is 20.1 Å². The highest BCUT2D eigenvalue weighted by atomic mass is 32.1. The van der Waals surface area contributed by atoms with Crippen molar-refractivity contribution in [1.29, 1.82) is 0 Å². The molecule has 2 heterocycles. The Morgan fingerprint density at radius 1 is 1.20 bits per heavy atom. The van der Waals surface area contributed by atoms with Crippen LogP contribution in [0.4, 0.5) is 4.79 Å². The van der Waals surface area contributed by atoms with E-state index in [0.29, 0.717) is 32.8 Å². The van der Waals surface area contributed by atoms with Crippen molar-refractivity contribution < 1.29 is 14.6 Å². The SMILES string of the molecule is O=C(NC[C@H](O)CN1CCc2ccccc2C1)N1CCCOCC1.S. The average Bonchev–Trinajstić information content (AvgIpc) is 2.89. The molecule has 0 bridgehead atoms. The van der Waals surface area contributed by atoms with Crippen molar-refractivity contribution in [3.63, 3.8) is 0 Å². The van der Waals surface area contributed by atoms with E-state index in [0.717, 1.165) is 25.9 Å². The summed E-state index contributed by atoms with van der Waals surface area (Å²) < 4.78 is 5.35. The third-order valence-corrected chi connectivity index (χ3v) is 4.68. The van der Waals surface area contributed by atoms with Gasteiger partial charge in [0, 0.05) is 45.9 Å². The van der Waals surface area contributed by atoms with Gasteiger partial charge in [0.1, 0.15) is 0 Å². The van der Waals surface area contributed by atoms with E-state index in [1.165, 1.54) is 11.1 Å². The van der Waals surface area contributed by atoms with Gasteiger partial charge >= 0.3 is 6.03 Å². The Kier molecular flexibility index (Phi) is 8.02. The van der Waals surface area contributed by atoms with Gasteiger partial charge in [0.05, 0.1) is 12.7 Å². The number of carbonyl (C=O) groups is 1. The number of aliphatic hydroxyl groups is 1. The summed E-state index contributed by atoms with van der Waals surface area (Å²) in [6.07, 6.45) is 1.33. The van der Waals surface area contributed by atoms with E-state index >= 15 is 0 Å². The maximum atomic E-state index is 12.1. The maximum Gasteiger partial charge on any atom is 0.317 e. The number of urea groups is 1. The molecule has 1 saturated heterocycles. The Hall–Kier alpha value is -1.28. The molecule has 2 aliphatic heterocycles. The summed E-state index contributed by atoms with van der Waals surface area (Å²) in [5.41, 5.74) is 2.74. The molecular weight excluding hydrogens is 338 g/mol. The van der Waals surface area contributed by atoms with Crippen LogP contribution in [0.3, 0.4) is 0 Å². The molecule has 0 aliphatic carbocycles. The molecule has 6 nitrogen and oxygen atoms in total. The summed E-state index contributed by atoms with van der Waals surface area (Å²) in [6.45, 7) is 5.31. The van der Waals surface area contributed by atoms with Crippen LogP contribution in [0.25, 0.3) is 0 Å². The van der Waals surface area contributed by atoms with Crippen molar-refractivity contribution in [2.24, 2.45) is 0 Å². The quantitative estimate of drug-likeness (QED) is 0.832. The number of benzene rings is 1. The fraction of sp³-hybridized carbons (Fsp3) is 0.611. The number of nitrogens with one attached hydrogen (secondary N) is 1. The first-order valence-electron chi connectivity index (χ1n) is 8.80. The van der Waals surface area contributed by atoms with Crippen LogP contribution in [0.15, 0.2) is 24.3 Å². The van der Waals surface area contributed by atoms with Crippen LogP contribution in [-0.4, -0.2) is 73.0 Å². The van der Waals surface area contributed by atoms with E-state index in [2.05, 4.69) is 34.5 Å². The molecule has 7 heteroatoms. The Bertz CT molecular complexity index is 550. The third kappa shape index (κ3) is 5.88. The highest BCUT2D eigenvalue weighted by Crippen LogP contribution is 2.18. The number of fused-ring (bicyclic) bond motifs is 1. The molecule has 25 heavy (non-hydrogen) atoms. The highest BCUT2D eigenvalue weighted by molar-refractivity contribution is 7.59. The van der Waals surface area contributed by atoms with Crippen LogP contribution < -0.4 is 5.32 Å². The lowest BCUT2D eigenvalue weighted by atomic mass is 10.00. The average molecular weight is 368 g/mol. The summed E-state index contributed by atoms with van der Waals surface area (Å²) in [6, 6.07) is 8.35. The first-order valence-corrected chi connectivity index (χ1v) is 8.80. The fourth-order valence-electron chi connectivity index (χ4n) is 3.34. The molecule has 0 radical (unpaired) electrons. The number of amides is 2. The van der Waals surface area contributed by atoms with E-state index in [1.54, 1.807) is 4.90 Å². The first-order chi connectivity index (χ1) is 11.7. The number of carbonyl (C=O) groups excluding carboxylic acids is 1. The molecule has 1 fully saturated rings. The van der Waals surface area contributed by atoms with E-state index in [4.69, 9.17) is 4.74 Å². The molecular formula is C18H29N3O3S. The number of hydrogen-bond acceptors (Lipinski definition) is 4. The minimum absolute atomic E-state index is 0. The van der Waals surface area contributed by atoms with Crippen molar-refractivity contribution in [3.05, 3.63) is 35.4 Å². The molecule has 2 N–H and O–H groups in total. The Labute approximate surface area is 156 Å². The molecule has 2 amide bonds. The van der Waals surface area contributed by atoms with Gasteiger partial charge in [0.25, 0.3) is 0 Å². The Balaban J connectivity index is 0.00000225. The van der Waals surface area contributed by atoms with Crippen LogP contribution in [0.2, 0.25) is 0 Å². The highest BCUT2D eigenvalue weighted by Gasteiger charge is 2.20. The van der Waals surface area contributed by atoms with Gasteiger partial charge in [0.2, 0.25) is 0 Å². The zero-order valence-corrected chi connectivity index (χ0v) is 15.6. The normalized spacial score (nSPS) is 19.3. The molecule has 140 valence electrons. The van der Waals surface area contributed by atoms with Crippen LogP contribution in [0, 0.1) is 0 Å². The lowest BCUT2D eigenvalue weighted by Crippen LogP contribution is -2.46. The monoisotopic (exact) mass is 367 g/mol. The van der Waals surface area contributed by atoms with E-state index in [1.807, 2.05) is 0 Å². The zero-order chi connectivity index (χ0) is 16.8. The van der Waals surface area contributed by atoms with E-state index < -0.39 is 6.10 Å². The van der Waals surface area contributed by atoms with Gasteiger partial charge in [-0.25, -0.2) is 4.79 Å². The van der Waals surface area contributed by atoms with Gasteiger partial charge in [-0.2, -0.15) is 13.5 Å². The Morgan fingerprint density at radius 3 is 2.84 bits per heavy atom. The second-order valence-electron chi connectivity index (χ2n) is 6.55. The molecule has 0 aromatic heterocycles. The first kappa shape index (κ1) is 20.0. The van der Waals surface area contributed by atoms with Gasteiger partial charge in [-0.15, -0.1) is 0 Å². The largest absolute Gasteiger partial charge is 0.390 e. The van der Waals surface area contributed by atoms with Crippen molar-refractivity contribution >= 4 is 19.5 Å². The lowest BCUT2D eigenvalue weighted by Gasteiger charge is -2.30. The standard InChI is InChI=1S/C18H27N3O3.H2S/c22-17(12-19-18(23)21-7-3-10-24-11-9-21)14-20-8-6-15-4-1-2-5-16(15)13-20;/h1-2,4-5,17,22H,3,6-14H2,(H,19,23);1H2/t17-;/m0./s1. The number of hydrogen-bond donors (Lipinski definition) is 2. The molecule has 1 aromatic rings. The summed E-state index contributed by atoms with van der Waals surface area (Å²) in [4.78, 5) is 16.2. The lowest BCUT2D eigenvalue weighted by molar-refractivity contribution is 0.103. The van der Waals surface area contributed by atoms with Crippen molar-refractivity contribution in [3.8, 4) is 0 Å². The molecule has 0 saturated carbocycles. The third-order valence-electron chi connectivity index (χ3n) is 4.68. The van der Waals surface area contributed by atoms with Gasteiger partial charge in [-0.3, -0.25) is 4.90 Å². The van der Waals surface area contributed by atoms with Crippen molar-refractivity contribution in [2.75, 3.05) is 45.9 Å². The number of nitrogens with zero attached hydrogens (tertiary/aromatic N) is 2. The van der Waals surface area contributed by atoms with Crippen molar-refractivity contribution in [1.82, 2.24) is 15.1 Å². The molecule has 3 rings (SSSR count). The predicted molar refractivity (Wildman–Crippen MR) is 102 cm³/mol. The number of rotatable bonds is 4. The van der Waals surface area contributed by atoms with Crippen LogP contribution >= 0.6 is 13.5 Å². The smallest absolute Gasteiger partial charge is 0.317 e. The summed E-state index contributed by atoms with van der Waals surface area (Å²) in [7, 11) is 0. The van der Waals surface area contributed by atoms with Gasteiger partial charge in [-0.1, -0.05) is 24.3 Å². The predicted octanol–water partition coefficient (Wildman–Crippen LogP) is 0.950. The molecule has 1 atom stereocenters. The van der Waals surface area contributed by atoms with E-state index in [-0.39, 0.29) is 26.1 Å². The summed E-state index contributed by atoms with van der Waals surface area (Å²) in [5, 5.41) is 13.1. The zero-order valence-electron chi connectivity index (χ0n) is 14.6. The van der Waals surface area contributed by atoms with Crippen LogP contribution in [0.1, 0.15) is 17.5 Å². The summed E-state index contributed by atoms with van der Waals surface area (Å²) >= 11 is 0. The maximum absolute atomic E-state index is 12.1. The van der Waals surface area contributed by atoms with Crippen LogP contribution in [-0.2, 0) is 17.7 Å². The molecule has 2 aliphatic rings. The van der Waals surface area contributed by atoms with Gasteiger partial charge in [-0.05, 0) is 24.0 Å². The number of β-amino-alcohol motifs (C(OH)–C–C–N with tert-alkyl or cyclic N) is 1. The minimum atomic E-state index is -0.553. The molecule has 1 aromatic carbocycles. The minimum Gasteiger partial charge on any atom is -0.390 e. The second-order valence-corrected chi connectivity index (χ2v) is 6.55. The topological polar surface area (TPSA) is 65.0 Å². The van der Waals surface area contributed by atoms with Crippen LogP contribution in [0.5, 0.6) is 0 Å². The summed E-state index contributed by atoms with van der Waals surface area (Å²) in [5.74, 6) is 0. The number of aliphatic hydroxyl groups excluding tert-OH is 1. The molecule has 0 spiro atoms.